The Morgan fingerprint density at radius 3 is 2.70 bits per heavy atom. The van der Waals surface area contributed by atoms with E-state index in [4.69, 9.17) is 17.4 Å². The third-order valence-corrected chi connectivity index (χ3v) is 5.28. The number of hydrogen-bond donors (Lipinski definition) is 1. The molecular formula is C18H15ClN6OS. The van der Waals surface area contributed by atoms with Crippen LogP contribution in [0.15, 0.2) is 58.5 Å². The largest absolute Gasteiger partial charge is 0.335 e. The summed E-state index contributed by atoms with van der Waals surface area (Å²) in [6, 6.07) is 14.3. The van der Waals surface area contributed by atoms with Crippen LogP contribution in [0.4, 0.5) is 0 Å². The summed E-state index contributed by atoms with van der Waals surface area (Å²) in [6.45, 7) is 1.87. The van der Waals surface area contributed by atoms with Gasteiger partial charge in [0.15, 0.2) is 5.82 Å². The van der Waals surface area contributed by atoms with Crippen LogP contribution in [0.2, 0.25) is 5.02 Å². The Balaban J connectivity index is 1.58. The first-order valence-electron chi connectivity index (χ1n) is 8.10. The van der Waals surface area contributed by atoms with Gasteiger partial charge in [0.2, 0.25) is 5.16 Å². The molecule has 0 spiro atoms. The number of rotatable bonds is 4. The van der Waals surface area contributed by atoms with Crippen molar-refractivity contribution < 1.29 is 0 Å². The monoisotopic (exact) mass is 398 g/mol. The number of hydrogen-bond acceptors (Lipinski definition) is 6. The van der Waals surface area contributed by atoms with Crippen LogP contribution in [0.5, 0.6) is 0 Å². The first-order chi connectivity index (χ1) is 13.0. The van der Waals surface area contributed by atoms with Crippen molar-refractivity contribution in [2.24, 2.45) is 0 Å². The zero-order chi connectivity index (χ0) is 19.0. The highest BCUT2D eigenvalue weighted by Gasteiger charge is 2.13. The molecule has 0 unspecified atom stereocenters. The minimum absolute atomic E-state index is 0.107. The van der Waals surface area contributed by atoms with Gasteiger partial charge in [-0.05, 0) is 43.3 Å². The van der Waals surface area contributed by atoms with E-state index < -0.39 is 0 Å². The third-order valence-electron chi connectivity index (χ3n) is 4.05. The Bertz CT molecular complexity index is 1180. The molecule has 1 aromatic carbocycles. The van der Waals surface area contributed by atoms with Crippen LogP contribution in [0, 0.1) is 6.92 Å². The van der Waals surface area contributed by atoms with Gasteiger partial charge in [-0.3, -0.25) is 9.20 Å². The van der Waals surface area contributed by atoms with Crippen molar-refractivity contribution in [3.63, 3.8) is 0 Å². The lowest BCUT2D eigenvalue weighted by atomic mass is 10.2. The van der Waals surface area contributed by atoms with Gasteiger partial charge in [-0.15, -0.1) is 10.2 Å². The summed E-state index contributed by atoms with van der Waals surface area (Å²) in [7, 11) is 0. The SMILES string of the molecule is Cc1cccc2nc(CSc3nnc(-c4ccc(Cl)cc4)n3N)cc(=O)n12. The fourth-order valence-corrected chi connectivity index (χ4v) is 3.62. The molecule has 4 aromatic rings. The third kappa shape index (κ3) is 3.41. The lowest BCUT2D eigenvalue weighted by molar-refractivity contribution is 0.848. The van der Waals surface area contributed by atoms with Gasteiger partial charge in [0.25, 0.3) is 5.56 Å². The Hall–Kier alpha value is -2.84. The van der Waals surface area contributed by atoms with Gasteiger partial charge < -0.3 is 5.84 Å². The highest BCUT2D eigenvalue weighted by molar-refractivity contribution is 7.98. The standard InChI is InChI=1S/C18H15ClN6OS/c1-11-3-2-4-15-21-14(9-16(26)24(11)15)10-27-18-23-22-17(25(18)20)12-5-7-13(19)8-6-12/h2-9H,10,20H2,1H3. The smallest absolute Gasteiger partial charge is 0.258 e. The molecule has 0 bridgehead atoms. The van der Waals surface area contributed by atoms with Gasteiger partial charge in [-0.25, -0.2) is 9.66 Å². The normalized spacial score (nSPS) is 11.2. The van der Waals surface area contributed by atoms with E-state index in [9.17, 15) is 4.79 Å². The maximum atomic E-state index is 12.4. The van der Waals surface area contributed by atoms with Crippen molar-refractivity contribution in [2.45, 2.75) is 17.8 Å². The molecule has 27 heavy (non-hydrogen) atoms. The number of fused-ring (bicyclic) bond motifs is 1. The molecular weight excluding hydrogens is 384 g/mol. The van der Waals surface area contributed by atoms with Crippen LogP contribution in [0.25, 0.3) is 17.0 Å². The van der Waals surface area contributed by atoms with Gasteiger partial charge in [0, 0.05) is 28.1 Å². The Morgan fingerprint density at radius 1 is 1.15 bits per heavy atom. The molecule has 0 atom stereocenters. The zero-order valence-electron chi connectivity index (χ0n) is 14.3. The first-order valence-corrected chi connectivity index (χ1v) is 9.47. The van der Waals surface area contributed by atoms with Gasteiger partial charge in [0.05, 0.1) is 5.69 Å². The Kier molecular flexibility index (Phi) is 4.59. The summed E-state index contributed by atoms with van der Waals surface area (Å²) in [6.07, 6.45) is 0. The lowest BCUT2D eigenvalue weighted by Gasteiger charge is -2.06. The van der Waals surface area contributed by atoms with Crippen molar-refractivity contribution >= 4 is 29.0 Å². The summed E-state index contributed by atoms with van der Waals surface area (Å²) < 4.78 is 3.00. The lowest BCUT2D eigenvalue weighted by Crippen LogP contribution is -2.17. The van der Waals surface area contributed by atoms with Crippen LogP contribution in [0.1, 0.15) is 11.4 Å². The fourth-order valence-electron chi connectivity index (χ4n) is 2.75. The average molecular weight is 399 g/mol. The van der Waals surface area contributed by atoms with E-state index in [1.54, 1.807) is 16.5 Å². The highest BCUT2D eigenvalue weighted by atomic mass is 35.5. The number of halogens is 1. The summed E-state index contributed by atoms with van der Waals surface area (Å²) in [5, 5.41) is 9.45. The molecule has 2 N–H and O–H groups in total. The van der Waals surface area contributed by atoms with Gasteiger partial charge in [-0.2, -0.15) is 0 Å². The average Bonchev–Trinajstić information content (AvgIpc) is 3.01. The van der Waals surface area contributed by atoms with Crippen LogP contribution in [-0.4, -0.2) is 24.3 Å². The van der Waals surface area contributed by atoms with Crippen molar-refractivity contribution in [3.05, 3.63) is 75.3 Å². The maximum absolute atomic E-state index is 12.4. The molecule has 3 aromatic heterocycles. The van der Waals surface area contributed by atoms with Crippen molar-refractivity contribution in [1.29, 1.82) is 0 Å². The molecule has 0 aliphatic carbocycles. The Labute approximate surface area is 163 Å². The van der Waals surface area contributed by atoms with Crippen molar-refractivity contribution in [3.8, 4) is 11.4 Å². The van der Waals surface area contributed by atoms with Crippen LogP contribution in [0.3, 0.4) is 0 Å². The molecule has 0 saturated carbocycles. The molecule has 0 aliphatic heterocycles. The number of thioether (sulfide) groups is 1. The molecule has 0 aliphatic rings. The molecule has 0 radical (unpaired) electrons. The van der Waals surface area contributed by atoms with E-state index in [0.717, 1.165) is 11.3 Å². The molecule has 7 nitrogen and oxygen atoms in total. The first kappa shape index (κ1) is 17.6. The van der Waals surface area contributed by atoms with Crippen LogP contribution < -0.4 is 11.4 Å². The van der Waals surface area contributed by atoms with E-state index in [-0.39, 0.29) is 5.56 Å². The molecule has 0 saturated heterocycles. The van der Waals surface area contributed by atoms with E-state index in [1.165, 1.54) is 22.5 Å². The van der Waals surface area contributed by atoms with Gasteiger partial charge >= 0.3 is 0 Å². The van der Waals surface area contributed by atoms with Gasteiger partial charge in [-0.1, -0.05) is 29.4 Å². The second kappa shape index (κ2) is 7.05. The topological polar surface area (TPSA) is 91.1 Å². The van der Waals surface area contributed by atoms with Crippen LogP contribution >= 0.6 is 23.4 Å². The predicted octanol–water partition coefficient (Wildman–Crippen LogP) is 2.92. The molecule has 3 heterocycles. The minimum Gasteiger partial charge on any atom is -0.335 e. The quantitative estimate of drug-likeness (QED) is 0.420. The molecule has 9 heteroatoms. The minimum atomic E-state index is -0.107. The van der Waals surface area contributed by atoms with E-state index in [1.807, 2.05) is 37.3 Å². The highest BCUT2D eigenvalue weighted by Crippen LogP contribution is 2.24. The summed E-state index contributed by atoms with van der Waals surface area (Å²) >= 11 is 7.28. The number of nitrogens with two attached hydrogens (primary N) is 1. The Morgan fingerprint density at radius 2 is 1.93 bits per heavy atom. The number of nitrogen functional groups attached to an aromatic ring is 1. The summed E-state index contributed by atoms with van der Waals surface area (Å²) in [4.78, 5) is 16.9. The summed E-state index contributed by atoms with van der Waals surface area (Å²) in [5.74, 6) is 7.12. The number of aromatic nitrogens is 5. The van der Waals surface area contributed by atoms with E-state index in [2.05, 4.69) is 15.2 Å². The van der Waals surface area contributed by atoms with E-state index >= 15 is 0 Å². The molecule has 0 amide bonds. The zero-order valence-corrected chi connectivity index (χ0v) is 15.9. The van der Waals surface area contributed by atoms with Crippen molar-refractivity contribution in [1.82, 2.24) is 24.3 Å². The number of pyridine rings is 1. The maximum Gasteiger partial charge on any atom is 0.258 e. The summed E-state index contributed by atoms with van der Waals surface area (Å²) in [5.41, 5.74) is 2.84. The molecule has 4 rings (SSSR count). The second-order valence-electron chi connectivity index (χ2n) is 5.92. The molecule has 0 fully saturated rings. The fraction of sp³-hybridized carbons (Fsp3) is 0.111. The van der Waals surface area contributed by atoms with Crippen molar-refractivity contribution in [2.75, 3.05) is 5.84 Å². The van der Waals surface area contributed by atoms with Crippen LogP contribution in [-0.2, 0) is 5.75 Å². The number of benzene rings is 1. The predicted molar refractivity (Wildman–Crippen MR) is 106 cm³/mol. The van der Waals surface area contributed by atoms with E-state index in [0.29, 0.717) is 33.1 Å². The second-order valence-corrected chi connectivity index (χ2v) is 7.30. The number of aryl methyl sites for hydroxylation is 1. The molecule has 136 valence electrons. The van der Waals surface area contributed by atoms with Gasteiger partial charge in [0.1, 0.15) is 5.65 Å². The number of nitrogens with zero attached hydrogens (tertiary/aromatic N) is 5.